The van der Waals surface area contributed by atoms with Crippen molar-refractivity contribution in [2.75, 3.05) is 5.32 Å². The fourth-order valence-electron chi connectivity index (χ4n) is 5.06. The van der Waals surface area contributed by atoms with Crippen molar-refractivity contribution in [3.8, 4) is 0 Å². The van der Waals surface area contributed by atoms with E-state index in [4.69, 9.17) is 0 Å². The van der Waals surface area contributed by atoms with Crippen LogP contribution >= 0.6 is 0 Å². The van der Waals surface area contributed by atoms with Gasteiger partial charge in [0.05, 0.1) is 11.2 Å². The molecule has 1 heterocycles. The van der Waals surface area contributed by atoms with Crippen LogP contribution in [0.2, 0.25) is 0 Å². The van der Waals surface area contributed by atoms with Crippen molar-refractivity contribution in [2.45, 2.75) is 83.2 Å². The maximum atomic E-state index is 15.0. The Morgan fingerprint density at radius 1 is 1.16 bits per heavy atom. The molecule has 1 aromatic carbocycles. The smallest absolute Gasteiger partial charge is 0.331 e. The number of carboxylic acid groups (broad SMARTS) is 1. The molecule has 2 aliphatic carbocycles. The predicted molar refractivity (Wildman–Crippen MR) is 122 cm³/mol. The molecule has 0 amide bonds. The first kappa shape index (κ1) is 21.6. The number of nitrogens with one attached hydrogen (secondary N) is 1. The Morgan fingerprint density at radius 3 is 2.48 bits per heavy atom. The molecule has 0 atom stereocenters. The Kier molecular flexibility index (Phi) is 6.44. The number of anilines is 1. The number of carbonyl (C=O) groups is 1. The van der Waals surface area contributed by atoms with Crippen molar-refractivity contribution < 1.29 is 14.3 Å². The van der Waals surface area contributed by atoms with Gasteiger partial charge in [0.15, 0.2) is 5.43 Å². The van der Waals surface area contributed by atoms with Crippen molar-refractivity contribution in [1.82, 2.24) is 4.57 Å². The summed E-state index contributed by atoms with van der Waals surface area (Å²) in [5.41, 5.74) is 1.34. The van der Waals surface area contributed by atoms with Crippen LogP contribution in [0, 0.1) is 5.82 Å². The Morgan fingerprint density at radius 2 is 1.84 bits per heavy atom. The summed E-state index contributed by atoms with van der Waals surface area (Å²) in [6.07, 6.45) is 13.4. The first-order valence-electron chi connectivity index (χ1n) is 11.6. The minimum atomic E-state index is -1.03. The first-order chi connectivity index (χ1) is 15.0. The largest absolute Gasteiger partial charge is 0.478 e. The Labute approximate surface area is 182 Å². The number of aliphatic carboxylic acids is 1. The molecular weight excluding hydrogens is 395 g/mol. The van der Waals surface area contributed by atoms with E-state index < -0.39 is 11.8 Å². The van der Waals surface area contributed by atoms with Gasteiger partial charge in [-0.2, -0.15) is 0 Å². The lowest BCUT2D eigenvalue weighted by Crippen LogP contribution is -2.23. The lowest BCUT2D eigenvalue weighted by Gasteiger charge is -2.25. The molecule has 166 valence electrons. The van der Waals surface area contributed by atoms with Gasteiger partial charge >= 0.3 is 5.97 Å². The molecule has 5 nitrogen and oxygen atoms in total. The normalized spacial score (nSPS) is 18.6. The minimum absolute atomic E-state index is 0.172. The summed E-state index contributed by atoms with van der Waals surface area (Å²) in [5, 5.41) is 13.1. The summed E-state index contributed by atoms with van der Waals surface area (Å²) in [5.74, 6) is -1.46. The summed E-state index contributed by atoms with van der Waals surface area (Å²) in [6.45, 7) is 1.75. The van der Waals surface area contributed by atoms with E-state index in [0.29, 0.717) is 23.1 Å². The van der Waals surface area contributed by atoms with Gasteiger partial charge in [0, 0.05) is 34.8 Å². The number of rotatable bonds is 6. The van der Waals surface area contributed by atoms with E-state index in [0.717, 1.165) is 56.9 Å². The van der Waals surface area contributed by atoms with E-state index in [1.54, 1.807) is 19.2 Å². The SMILES string of the molecule is CCC(=Cc1cn(C2CCCC2)c2cc(NC3CCCCC3)c(F)cc2c1=O)C(=O)O. The van der Waals surface area contributed by atoms with Gasteiger partial charge in [-0.3, -0.25) is 4.79 Å². The van der Waals surface area contributed by atoms with Gasteiger partial charge in [-0.05, 0) is 50.3 Å². The molecule has 2 fully saturated rings. The molecule has 0 radical (unpaired) electrons. The Hall–Kier alpha value is -2.63. The lowest BCUT2D eigenvalue weighted by atomic mass is 9.95. The molecule has 6 heteroatoms. The zero-order valence-electron chi connectivity index (χ0n) is 18.1. The number of hydrogen-bond acceptors (Lipinski definition) is 3. The summed E-state index contributed by atoms with van der Waals surface area (Å²) in [7, 11) is 0. The number of fused-ring (bicyclic) bond motifs is 1. The van der Waals surface area contributed by atoms with E-state index in [9.17, 15) is 14.7 Å². The zero-order chi connectivity index (χ0) is 22.0. The average Bonchev–Trinajstić information content (AvgIpc) is 3.29. The predicted octanol–water partition coefficient (Wildman–Crippen LogP) is 5.88. The quantitative estimate of drug-likeness (QED) is 0.566. The van der Waals surface area contributed by atoms with Gasteiger partial charge in [0.25, 0.3) is 0 Å². The minimum Gasteiger partial charge on any atom is -0.478 e. The van der Waals surface area contributed by atoms with E-state index in [-0.39, 0.29) is 23.1 Å². The van der Waals surface area contributed by atoms with Crippen LogP contribution in [0.1, 0.15) is 82.7 Å². The fourth-order valence-corrected chi connectivity index (χ4v) is 5.06. The summed E-state index contributed by atoms with van der Waals surface area (Å²) in [4.78, 5) is 24.7. The zero-order valence-corrected chi connectivity index (χ0v) is 18.1. The van der Waals surface area contributed by atoms with Gasteiger partial charge in [0.1, 0.15) is 5.82 Å². The lowest BCUT2D eigenvalue weighted by molar-refractivity contribution is -0.132. The summed E-state index contributed by atoms with van der Waals surface area (Å²) in [6, 6.07) is 3.61. The number of aromatic nitrogens is 1. The fraction of sp³-hybridized carbons (Fsp3) is 0.520. The molecule has 4 rings (SSSR count). The Bertz CT molecular complexity index is 1060. The second kappa shape index (κ2) is 9.25. The van der Waals surface area contributed by atoms with Crippen molar-refractivity contribution in [3.05, 3.63) is 45.5 Å². The highest BCUT2D eigenvalue weighted by molar-refractivity contribution is 5.93. The van der Waals surface area contributed by atoms with Gasteiger partial charge in [-0.15, -0.1) is 0 Å². The molecule has 1 aromatic heterocycles. The molecule has 2 aliphatic rings. The number of halogens is 1. The Balaban J connectivity index is 1.85. The second-order valence-corrected chi connectivity index (χ2v) is 8.92. The van der Waals surface area contributed by atoms with Gasteiger partial charge in [-0.25, -0.2) is 9.18 Å². The molecular formula is C25H31FN2O3. The molecule has 2 saturated carbocycles. The van der Waals surface area contributed by atoms with Crippen molar-refractivity contribution in [3.63, 3.8) is 0 Å². The maximum Gasteiger partial charge on any atom is 0.331 e. The highest BCUT2D eigenvalue weighted by Crippen LogP contribution is 2.34. The number of nitrogens with zero attached hydrogens (tertiary/aromatic N) is 1. The van der Waals surface area contributed by atoms with Crippen LogP contribution in [0.4, 0.5) is 10.1 Å². The van der Waals surface area contributed by atoms with Crippen molar-refractivity contribution in [2.24, 2.45) is 0 Å². The summed E-state index contributed by atoms with van der Waals surface area (Å²) >= 11 is 0. The van der Waals surface area contributed by atoms with Crippen LogP contribution in [0.15, 0.2) is 28.7 Å². The van der Waals surface area contributed by atoms with Gasteiger partial charge < -0.3 is 15.0 Å². The van der Waals surface area contributed by atoms with Crippen LogP contribution < -0.4 is 10.7 Å². The highest BCUT2D eigenvalue weighted by atomic mass is 19.1. The monoisotopic (exact) mass is 426 g/mol. The molecule has 0 unspecified atom stereocenters. The molecule has 0 spiro atoms. The molecule has 0 saturated heterocycles. The number of hydrogen-bond donors (Lipinski definition) is 2. The molecule has 2 N–H and O–H groups in total. The molecule has 31 heavy (non-hydrogen) atoms. The maximum absolute atomic E-state index is 15.0. The second-order valence-electron chi connectivity index (χ2n) is 8.92. The first-order valence-corrected chi connectivity index (χ1v) is 11.6. The van der Waals surface area contributed by atoms with Gasteiger partial charge in [0.2, 0.25) is 0 Å². The standard InChI is InChI=1S/C25H31FN2O3/c1-2-16(25(30)31)12-17-15-28(19-10-6-7-11-19)23-14-22(21(26)13-20(23)24(17)29)27-18-8-4-3-5-9-18/h12-15,18-19,27H,2-11H2,1H3,(H,30,31). The summed E-state index contributed by atoms with van der Waals surface area (Å²) < 4.78 is 17.1. The van der Waals surface area contributed by atoms with Crippen molar-refractivity contribution >= 4 is 28.6 Å². The third-order valence-corrected chi connectivity index (χ3v) is 6.82. The van der Waals surface area contributed by atoms with Crippen LogP contribution in [0.5, 0.6) is 0 Å². The molecule has 2 aromatic rings. The average molecular weight is 427 g/mol. The van der Waals surface area contributed by atoms with Crippen LogP contribution in [-0.2, 0) is 4.79 Å². The van der Waals surface area contributed by atoms with Crippen LogP contribution in [-0.4, -0.2) is 21.7 Å². The topological polar surface area (TPSA) is 71.3 Å². The third kappa shape index (κ3) is 4.53. The number of pyridine rings is 1. The molecule has 0 bridgehead atoms. The highest BCUT2D eigenvalue weighted by Gasteiger charge is 2.22. The van der Waals surface area contributed by atoms with Crippen LogP contribution in [0.25, 0.3) is 17.0 Å². The number of carboxylic acids is 1. The van der Waals surface area contributed by atoms with E-state index in [1.165, 1.54) is 18.6 Å². The van der Waals surface area contributed by atoms with Gasteiger partial charge in [-0.1, -0.05) is 39.0 Å². The number of benzene rings is 1. The van der Waals surface area contributed by atoms with E-state index in [2.05, 4.69) is 9.88 Å². The molecule has 0 aliphatic heterocycles. The van der Waals surface area contributed by atoms with Crippen LogP contribution in [0.3, 0.4) is 0 Å². The third-order valence-electron chi connectivity index (χ3n) is 6.82. The van der Waals surface area contributed by atoms with E-state index >= 15 is 4.39 Å². The van der Waals surface area contributed by atoms with E-state index in [1.807, 2.05) is 0 Å². The van der Waals surface area contributed by atoms with Crippen molar-refractivity contribution in [1.29, 1.82) is 0 Å².